The lowest BCUT2D eigenvalue weighted by molar-refractivity contribution is -0.132. The number of hydrogen-bond acceptors (Lipinski definition) is 6. The number of hydrogen-bond donors (Lipinski definition) is 1. The van der Waals surface area contributed by atoms with Gasteiger partial charge < -0.3 is 19.3 Å². The lowest BCUT2D eigenvalue weighted by atomic mass is 9.95. The van der Waals surface area contributed by atoms with Crippen molar-refractivity contribution >= 4 is 23.1 Å². The molecule has 1 fully saturated rings. The highest BCUT2D eigenvalue weighted by Crippen LogP contribution is 2.43. The van der Waals surface area contributed by atoms with Crippen molar-refractivity contribution in [2.45, 2.75) is 6.04 Å². The number of Topliss-reactive ketones (excluding diaryl/α,β-unsaturated/α-hetero) is 1. The van der Waals surface area contributed by atoms with Gasteiger partial charge in [-0.3, -0.25) is 14.5 Å². The lowest BCUT2D eigenvalue weighted by Crippen LogP contribution is -2.29. The number of carbonyl (C=O) groups excluding carboxylic acids is 2. The van der Waals surface area contributed by atoms with E-state index in [1.165, 1.54) is 36.3 Å². The zero-order chi connectivity index (χ0) is 23.8. The van der Waals surface area contributed by atoms with Crippen LogP contribution in [0.5, 0.6) is 17.2 Å². The number of aliphatic hydroxyl groups is 1. The smallest absolute Gasteiger partial charge is 0.300 e. The molecule has 2 aliphatic heterocycles. The predicted octanol–water partition coefficient (Wildman–Crippen LogP) is 4.23. The average molecular weight is 461 g/mol. The highest BCUT2D eigenvalue weighted by Gasteiger charge is 2.47. The molecule has 1 amide bonds. The number of ketones is 1. The Balaban J connectivity index is 1.67. The van der Waals surface area contributed by atoms with Crippen molar-refractivity contribution in [1.82, 2.24) is 0 Å². The van der Waals surface area contributed by atoms with E-state index in [0.717, 1.165) is 0 Å². The summed E-state index contributed by atoms with van der Waals surface area (Å²) in [6.45, 7) is 0.768. The molecule has 1 saturated heterocycles. The zero-order valence-corrected chi connectivity index (χ0v) is 18.2. The van der Waals surface area contributed by atoms with E-state index in [1.54, 1.807) is 42.5 Å². The van der Waals surface area contributed by atoms with Gasteiger partial charge in [0.25, 0.3) is 11.7 Å². The molecule has 2 aliphatic rings. The molecule has 3 aromatic rings. The maximum Gasteiger partial charge on any atom is 0.300 e. The maximum atomic E-state index is 13.7. The standard InChI is InChI=1S/C26H20FNO6/c1-32-19-9-7-18(8-10-19)28-23(15-2-5-17(27)6-3-15)22(25(30)26(28)31)24(29)16-4-11-20-21(14-16)34-13-12-33-20/h2-11,14,23,29H,12-13H2,1H3/b24-22-. The van der Waals surface area contributed by atoms with E-state index < -0.39 is 23.5 Å². The second-order valence-corrected chi connectivity index (χ2v) is 7.78. The third-order valence-corrected chi connectivity index (χ3v) is 5.80. The van der Waals surface area contributed by atoms with Crippen molar-refractivity contribution in [1.29, 1.82) is 0 Å². The first-order valence-corrected chi connectivity index (χ1v) is 10.6. The maximum absolute atomic E-state index is 13.7. The summed E-state index contributed by atoms with van der Waals surface area (Å²) >= 11 is 0. The van der Waals surface area contributed by atoms with Crippen LogP contribution in [0.25, 0.3) is 5.76 Å². The Hall–Kier alpha value is -4.33. The Morgan fingerprint density at radius 1 is 0.971 bits per heavy atom. The molecule has 0 aromatic heterocycles. The van der Waals surface area contributed by atoms with Crippen LogP contribution in [-0.2, 0) is 9.59 Å². The summed E-state index contributed by atoms with van der Waals surface area (Å²) in [6.07, 6.45) is 0. The third kappa shape index (κ3) is 3.63. The first-order valence-electron chi connectivity index (χ1n) is 10.6. The Kier molecular flexibility index (Phi) is 5.41. The number of ether oxygens (including phenoxy) is 3. The Morgan fingerprint density at radius 2 is 1.65 bits per heavy atom. The number of fused-ring (bicyclic) bond motifs is 1. The summed E-state index contributed by atoms with van der Waals surface area (Å²) in [5, 5.41) is 11.2. The molecule has 5 rings (SSSR count). The molecule has 0 saturated carbocycles. The van der Waals surface area contributed by atoms with Gasteiger partial charge in [0, 0.05) is 11.3 Å². The predicted molar refractivity (Wildman–Crippen MR) is 122 cm³/mol. The SMILES string of the molecule is COc1ccc(N2C(=O)C(=O)/C(=C(\O)c3ccc4c(c3)OCCO4)C2c2ccc(F)cc2)cc1. The molecule has 0 bridgehead atoms. The van der Waals surface area contributed by atoms with E-state index in [1.807, 2.05) is 0 Å². The van der Waals surface area contributed by atoms with Gasteiger partial charge in [-0.2, -0.15) is 0 Å². The van der Waals surface area contributed by atoms with Crippen molar-refractivity contribution in [2.75, 3.05) is 25.2 Å². The van der Waals surface area contributed by atoms with Gasteiger partial charge in [0.05, 0.1) is 18.7 Å². The number of amides is 1. The van der Waals surface area contributed by atoms with Gasteiger partial charge in [-0.1, -0.05) is 12.1 Å². The van der Waals surface area contributed by atoms with Crippen molar-refractivity contribution in [3.8, 4) is 17.2 Å². The Morgan fingerprint density at radius 3 is 2.32 bits per heavy atom. The summed E-state index contributed by atoms with van der Waals surface area (Å²) < 4.78 is 30.0. The van der Waals surface area contributed by atoms with E-state index >= 15 is 0 Å². The minimum absolute atomic E-state index is 0.107. The molecule has 172 valence electrons. The third-order valence-electron chi connectivity index (χ3n) is 5.80. The fourth-order valence-corrected chi connectivity index (χ4v) is 4.15. The second-order valence-electron chi connectivity index (χ2n) is 7.78. The molecule has 1 unspecified atom stereocenters. The number of rotatable bonds is 4. The lowest BCUT2D eigenvalue weighted by Gasteiger charge is -2.25. The molecule has 1 N–H and O–H groups in total. The summed E-state index contributed by atoms with van der Waals surface area (Å²) in [6, 6.07) is 15.9. The number of carbonyl (C=O) groups is 2. The van der Waals surface area contributed by atoms with Crippen LogP contribution in [0, 0.1) is 5.82 Å². The highest BCUT2D eigenvalue weighted by atomic mass is 19.1. The van der Waals surface area contributed by atoms with E-state index in [0.29, 0.717) is 47.3 Å². The van der Waals surface area contributed by atoms with Gasteiger partial charge in [-0.15, -0.1) is 0 Å². The van der Waals surface area contributed by atoms with E-state index in [9.17, 15) is 19.1 Å². The quantitative estimate of drug-likeness (QED) is 0.356. The van der Waals surface area contributed by atoms with Gasteiger partial charge >= 0.3 is 0 Å². The molecule has 0 spiro atoms. The monoisotopic (exact) mass is 461 g/mol. The molecule has 0 aliphatic carbocycles. The fourth-order valence-electron chi connectivity index (χ4n) is 4.15. The number of halogens is 1. The Labute approximate surface area is 194 Å². The molecular formula is C26H20FNO6. The average Bonchev–Trinajstić information content (AvgIpc) is 3.14. The number of methoxy groups -OCH3 is 1. The Bertz CT molecular complexity index is 1300. The molecule has 1 atom stereocenters. The second kappa shape index (κ2) is 8.55. The molecule has 7 nitrogen and oxygen atoms in total. The molecule has 8 heteroatoms. The first-order chi connectivity index (χ1) is 16.5. The first kappa shape index (κ1) is 21.5. The van der Waals surface area contributed by atoms with Gasteiger partial charge in [0.2, 0.25) is 0 Å². The van der Waals surface area contributed by atoms with Gasteiger partial charge in [-0.25, -0.2) is 4.39 Å². The summed E-state index contributed by atoms with van der Waals surface area (Å²) in [5.74, 6) is -0.946. The molecule has 34 heavy (non-hydrogen) atoms. The molecule has 0 radical (unpaired) electrons. The number of nitrogens with zero attached hydrogens (tertiary/aromatic N) is 1. The van der Waals surface area contributed by atoms with Gasteiger partial charge in [0.15, 0.2) is 11.5 Å². The van der Waals surface area contributed by atoms with Crippen molar-refractivity contribution < 1.29 is 33.3 Å². The van der Waals surface area contributed by atoms with Crippen LogP contribution in [-0.4, -0.2) is 37.1 Å². The van der Waals surface area contributed by atoms with Crippen LogP contribution in [0.1, 0.15) is 17.2 Å². The topological polar surface area (TPSA) is 85.3 Å². The number of benzene rings is 3. The minimum atomic E-state index is -0.970. The summed E-state index contributed by atoms with van der Waals surface area (Å²) in [7, 11) is 1.52. The number of anilines is 1. The van der Waals surface area contributed by atoms with Crippen LogP contribution >= 0.6 is 0 Å². The largest absolute Gasteiger partial charge is 0.507 e. The summed E-state index contributed by atoms with van der Waals surface area (Å²) in [5.41, 5.74) is 1.09. The molecule has 2 heterocycles. The van der Waals surface area contributed by atoms with Crippen molar-refractivity contribution in [2.24, 2.45) is 0 Å². The normalized spacial score (nSPS) is 18.8. The van der Waals surface area contributed by atoms with E-state index in [-0.39, 0.29) is 11.3 Å². The zero-order valence-electron chi connectivity index (χ0n) is 18.2. The van der Waals surface area contributed by atoms with E-state index in [2.05, 4.69) is 0 Å². The van der Waals surface area contributed by atoms with Crippen molar-refractivity contribution in [3.05, 3.63) is 89.2 Å². The van der Waals surface area contributed by atoms with Gasteiger partial charge in [-0.05, 0) is 60.2 Å². The molecule has 3 aromatic carbocycles. The summed E-state index contributed by atoms with van der Waals surface area (Å²) in [4.78, 5) is 27.7. The minimum Gasteiger partial charge on any atom is -0.507 e. The van der Waals surface area contributed by atoms with Crippen LogP contribution in [0.4, 0.5) is 10.1 Å². The number of aliphatic hydroxyl groups excluding tert-OH is 1. The highest BCUT2D eigenvalue weighted by molar-refractivity contribution is 6.51. The van der Waals surface area contributed by atoms with Crippen molar-refractivity contribution in [3.63, 3.8) is 0 Å². The fraction of sp³-hybridized carbons (Fsp3) is 0.154. The molecular weight excluding hydrogens is 441 g/mol. The van der Waals surface area contributed by atoms with Gasteiger partial charge in [0.1, 0.15) is 30.5 Å². The van der Waals surface area contributed by atoms with Crippen LogP contribution in [0.3, 0.4) is 0 Å². The van der Waals surface area contributed by atoms with Crippen LogP contribution < -0.4 is 19.1 Å². The van der Waals surface area contributed by atoms with E-state index in [4.69, 9.17) is 14.2 Å². The van der Waals surface area contributed by atoms with Crippen LogP contribution in [0.15, 0.2) is 72.3 Å². The van der Waals surface area contributed by atoms with Crippen LogP contribution in [0.2, 0.25) is 0 Å².